The lowest BCUT2D eigenvalue weighted by Crippen LogP contribution is -2.30. The van der Waals surface area contributed by atoms with Gasteiger partial charge in [-0.25, -0.2) is 0 Å². The Balaban J connectivity index is 2.09. The Kier molecular flexibility index (Phi) is 5.16. The maximum Gasteiger partial charge on any atom is 0.251 e. The van der Waals surface area contributed by atoms with Crippen molar-refractivity contribution in [1.82, 2.24) is 5.32 Å². The van der Waals surface area contributed by atoms with Gasteiger partial charge in [-0.2, -0.15) is 0 Å². The number of rotatable bonds is 5. The van der Waals surface area contributed by atoms with Crippen LogP contribution in [0.15, 0.2) is 54.6 Å². The molecule has 0 spiro atoms. The summed E-state index contributed by atoms with van der Waals surface area (Å²) in [5, 5.41) is 12.2. The number of hydrogen-bond acceptors (Lipinski definition) is 2. The molecule has 1 atom stereocenters. The van der Waals surface area contributed by atoms with Crippen LogP contribution in [-0.2, 0) is 5.88 Å². The Morgan fingerprint density at radius 2 is 1.75 bits per heavy atom. The Bertz CT molecular complexity index is 554. The van der Waals surface area contributed by atoms with Gasteiger partial charge in [0.25, 0.3) is 5.91 Å². The zero-order chi connectivity index (χ0) is 14.4. The number of nitrogens with one attached hydrogen (secondary N) is 1. The molecule has 2 N–H and O–H groups in total. The fourth-order valence-corrected chi connectivity index (χ4v) is 2.08. The van der Waals surface area contributed by atoms with E-state index in [4.69, 9.17) is 11.6 Å². The van der Waals surface area contributed by atoms with Crippen LogP contribution < -0.4 is 5.32 Å². The first-order chi connectivity index (χ1) is 9.74. The highest BCUT2D eigenvalue weighted by molar-refractivity contribution is 6.17. The second-order valence-electron chi connectivity index (χ2n) is 4.45. The van der Waals surface area contributed by atoms with Crippen LogP contribution >= 0.6 is 11.6 Å². The molecule has 2 aromatic rings. The lowest BCUT2D eigenvalue weighted by molar-refractivity contribution is 0.0916. The molecule has 2 aromatic carbocycles. The quantitative estimate of drug-likeness (QED) is 0.832. The Hall–Kier alpha value is -1.84. The molecule has 0 aliphatic heterocycles. The smallest absolute Gasteiger partial charge is 0.251 e. The molecule has 4 heteroatoms. The summed E-state index contributed by atoms with van der Waals surface area (Å²) in [6, 6.07) is 16.1. The van der Waals surface area contributed by atoms with Gasteiger partial charge in [0.2, 0.25) is 0 Å². The van der Waals surface area contributed by atoms with Crippen molar-refractivity contribution in [2.24, 2.45) is 0 Å². The van der Waals surface area contributed by atoms with Gasteiger partial charge in [-0.05, 0) is 23.3 Å². The molecule has 1 unspecified atom stereocenters. The number of carbonyl (C=O) groups is 1. The number of alkyl halides is 1. The molecule has 2 rings (SSSR count). The molecule has 104 valence electrons. The van der Waals surface area contributed by atoms with Gasteiger partial charge in [0.1, 0.15) is 0 Å². The summed E-state index contributed by atoms with van der Waals surface area (Å²) < 4.78 is 0. The molecular weight excluding hydrogens is 274 g/mol. The molecule has 0 heterocycles. The third kappa shape index (κ3) is 3.59. The number of hydrogen-bond donors (Lipinski definition) is 2. The van der Waals surface area contributed by atoms with E-state index in [0.29, 0.717) is 11.4 Å². The number of benzene rings is 2. The van der Waals surface area contributed by atoms with E-state index in [1.165, 1.54) is 0 Å². The van der Waals surface area contributed by atoms with E-state index in [-0.39, 0.29) is 12.5 Å². The number of amides is 1. The minimum atomic E-state index is -0.406. The summed E-state index contributed by atoms with van der Waals surface area (Å²) >= 11 is 5.71. The van der Waals surface area contributed by atoms with Gasteiger partial charge in [-0.3, -0.25) is 4.79 Å². The second-order valence-corrected chi connectivity index (χ2v) is 4.72. The number of aliphatic hydroxyl groups excluding tert-OH is 1. The van der Waals surface area contributed by atoms with E-state index in [1.807, 2.05) is 42.5 Å². The standard InChI is InChI=1S/C16H16ClNO2/c17-10-12-6-8-14(9-7-12)16(20)18-15(11-19)13-4-2-1-3-5-13/h1-9,15,19H,10-11H2,(H,18,20). The fourth-order valence-electron chi connectivity index (χ4n) is 1.91. The zero-order valence-corrected chi connectivity index (χ0v) is 11.7. The first-order valence-corrected chi connectivity index (χ1v) is 6.89. The molecule has 0 aromatic heterocycles. The molecule has 0 aliphatic carbocycles. The molecule has 0 saturated carbocycles. The topological polar surface area (TPSA) is 49.3 Å². The first-order valence-electron chi connectivity index (χ1n) is 6.36. The van der Waals surface area contributed by atoms with Crippen LogP contribution in [0.5, 0.6) is 0 Å². The van der Waals surface area contributed by atoms with Crippen LogP contribution in [-0.4, -0.2) is 17.6 Å². The lowest BCUT2D eigenvalue weighted by atomic mass is 10.1. The van der Waals surface area contributed by atoms with Gasteiger partial charge in [0, 0.05) is 11.4 Å². The number of halogens is 1. The minimum absolute atomic E-state index is 0.143. The normalized spacial score (nSPS) is 11.9. The molecule has 0 radical (unpaired) electrons. The van der Waals surface area contributed by atoms with E-state index in [9.17, 15) is 9.90 Å². The van der Waals surface area contributed by atoms with Crippen molar-refractivity contribution in [1.29, 1.82) is 0 Å². The summed E-state index contributed by atoms with van der Waals surface area (Å²) in [4.78, 5) is 12.1. The van der Waals surface area contributed by atoms with Gasteiger partial charge in [-0.1, -0.05) is 42.5 Å². The van der Waals surface area contributed by atoms with E-state index >= 15 is 0 Å². The van der Waals surface area contributed by atoms with Crippen molar-refractivity contribution in [2.75, 3.05) is 6.61 Å². The van der Waals surface area contributed by atoms with Crippen LogP contribution in [0.2, 0.25) is 0 Å². The van der Waals surface area contributed by atoms with Crippen molar-refractivity contribution in [3.8, 4) is 0 Å². The van der Waals surface area contributed by atoms with Crippen LogP contribution in [0.1, 0.15) is 27.5 Å². The van der Waals surface area contributed by atoms with Crippen LogP contribution in [0.4, 0.5) is 0 Å². The maximum absolute atomic E-state index is 12.1. The Labute approximate surface area is 123 Å². The van der Waals surface area contributed by atoms with Crippen LogP contribution in [0.25, 0.3) is 0 Å². The van der Waals surface area contributed by atoms with E-state index < -0.39 is 6.04 Å². The third-order valence-electron chi connectivity index (χ3n) is 3.06. The summed E-state index contributed by atoms with van der Waals surface area (Å²) in [5.74, 6) is 0.208. The van der Waals surface area contributed by atoms with E-state index in [0.717, 1.165) is 11.1 Å². The fraction of sp³-hybridized carbons (Fsp3) is 0.188. The highest BCUT2D eigenvalue weighted by atomic mass is 35.5. The predicted molar refractivity (Wildman–Crippen MR) is 79.7 cm³/mol. The molecule has 0 saturated heterocycles. The second kappa shape index (κ2) is 7.08. The molecule has 0 aliphatic rings. The molecule has 0 bridgehead atoms. The average molecular weight is 290 g/mol. The first kappa shape index (κ1) is 14.6. The largest absolute Gasteiger partial charge is 0.394 e. The Morgan fingerprint density at radius 3 is 2.30 bits per heavy atom. The summed E-state index contributed by atoms with van der Waals surface area (Å²) in [5.41, 5.74) is 2.39. The lowest BCUT2D eigenvalue weighted by Gasteiger charge is -2.16. The number of carbonyl (C=O) groups excluding carboxylic acids is 1. The van der Waals surface area contributed by atoms with E-state index in [2.05, 4.69) is 5.32 Å². The average Bonchev–Trinajstić information content (AvgIpc) is 2.53. The third-order valence-corrected chi connectivity index (χ3v) is 3.37. The summed E-state index contributed by atoms with van der Waals surface area (Å²) in [6.45, 7) is -0.143. The SMILES string of the molecule is O=C(NC(CO)c1ccccc1)c1ccc(CCl)cc1. The molecule has 0 fully saturated rings. The molecule has 1 amide bonds. The van der Waals surface area contributed by atoms with Crippen molar-refractivity contribution >= 4 is 17.5 Å². The monoisotopic (exact) mass is 289 g/mol. The van der Waals surface area contributed by atoms with E-state index in [1.54, 1.807) is 12.1 Å². The van der Waals surface area contributed by atoms with Crippen molar-refractivity contribution < 1.29 is 9.90 Å². The highest BCUT2D eigenvalue weighted by Crippen LogP contribution is 2.13. The van der Waals surface area contributed by atoms with Gasteiger partial charge in [0.05, 0.1) is 12.6 Å². The predicted octanol–water partition coefficient (Wildman–Crippen LogP) is 2.89. The van der Waals surface area contributed by atoms with Gasteiger partial charge < -0.3 is 10.4 Å². The van der Waals surface area contributed by atoms with Crippen molar-refractivity contribution in [2.45, 2.75) is 11.9 Å². The minimum Gasteiger partial charge on any atom is -0.394 e. The summed E-state index contributed by atoms with van der Waals surface area (Å²) in [7, 11) is 0. The zero-order valence-electron chi connectivity index (χ0n) is 10.9. The van der Waals surface area contributed by atoms with Gasteiger partial charge >= 0.3 is 0 Å². The molecular formula is C16H16ClNO2. The van der Waals surface area contributed by atoms with Crippen LogP contribution in [0.3, 0.4) is 0 Å². The molecule has 3 nitrogen and oxygen atoms in total. The maximum atomic E-state index is 12.1. The number of aliphatic hydroxyl groups is 1. The van der Waals surface area contributed by atoms with Crippen molar-refractivity contribution in [3.63, 3.8) is 0 Å². The summed E-state index contributed by atoms with van der Waals surface area (Å²) in [6.07, 6.45) is 0. The van der Waals surface area contributed by atoms with Crippen LogP contribution in [0, 0.1) is 0 Å². The van der Waals surface area contributed by atoms with Gasteiger partial charge in [-0.15, -0.1) is 11.6 Å². The highest BCUT2D eigenvalue weighted by Gasteiger charge is 2.14. The van der Waals surface area contributed by atoms with Gasteiger partial charge in [0.15, 0.2) is 0 Å². The Morgan fingerprint density at radius 1 is 1.10 bits per heavy atom. The molecule has 20 heavy (non-hydrogen) atoms. The van der Waals surface area contributed by atoms with Crippen molar-refractivity contribution in [3.05, 3.63) is 71.3 Å².